The third kappa shape index (κ3) is 2.19. The number of carbonyl (C=O) groups excluding carboxylic acids is 1. The molecule has 1 saturated carbocycles. The van der Waals surface area contributed by atoms with Crippen molar-refractivity contribution in [2.45, 2.75) is 25.7 Å². The minimum absolute atomic E-state index is 0.251. The predicted molar refractivity (Wildman–Crippen MR) is 89.4 cm³/mol. The van der Waals surface area contributed by atoms with E-state index in [1.165, 1.54) is 0 Å². The molecule has 1 aliphatic carbocycles. The van der Waals surface area contributed by atoms with Gasteiger partial charge in [0.25, 0.3) is 0 Å². The van der Waals surface area contributed by atoms with Crippen molar-refractivity contribution in [1.82, 2.24) is 5.01 Å². The van der Waals surface area contributed by atoms with E-state index in [9.17, 15) is 4.79 Å². The van der Waals surface area contributed by atoms with Crippen LogP contribution in [0.15, 0.2) is 36.4 Å². The van der Waals surface area contributed by atoms with E-state index in [-0.39, 0.29) is 5.92 Å². The first-order valence-electron chi connectivity index (χ1n) is 8.12. The average molecular weight is 295 g/mol. The van der Waals surface area contributed by atoms with Crippen molar-refractivity contribution in [3.05, 3.63) is 36.4 Å². The van der Waals surface area contributed by atoms with Crippen LogP contribution in [-0.2, 0) is 4.79 Å². The van der Waals surface area contributed by atoms with Gasteiger partial charge in [-0.1, -0.05) is 24.3 Å². The van der Waals surface area contributed by atoms with E-state index in [1.807, 2.05) is 29.3 Å². The Morgan fingerprint density at radius 3 is 2.50 bits per heavy atom. The summed E-state index contributed by atoms with van der Waals surface area (Å²) < 4.78 is 0. The van der Waals surface area contributed by atoms with Gasteiger partial charge >= 0.3 is 0 Å². The molecule has 2 fully saturated rings. The Balaban J connectivity index is 1.78. The SMILES string of the molecule is Nc1ccc(N2CCCCN2C(=O)C2CC2)c2ccccc12. The highest BCUT2D eigenvalue weighted by Crippen LogP contribution is 2.36. The first kappa shape index (κ1) is 13.4. The van der Waals surface area contributed by atoms with E-state index in [0.717, 1.165) is 60.9 Å². The standard InChI is InChI=1S/C18H21N3O/c19-16-9-10-17(15-6-2-1-5-14(15)16)20-11-3-4-12-21(20)18(22)13-7-8-13/h1-2,5-6,9-10,13H,3-4,7-8,11-12,19H2. The van der Waals surface area contributed by atoms with E-state index < -0.39 is 0 Å². The van der Waals surface area contributed by atoms with Crippen LogP contribution in [0.3, 0.4) is 0 Å². The van der Waals surface area contributed by atoms with Gasteiger partial charge in [-0.15, -0.1) is 0 Å². The molecule has 2 N–H and O–H groups in total. The molecule has 1 aliphatic heterocycles. The second-order valence-corrected chi connectivity index (χ2v) is 6.29. The Hall–Kier alpha value is -2.23. The lowest BCUT2D eigenvalue weighted by molar-refractivity contribution is -0.134. The molecule has 2 aliphatic rings. The largest absolute Gasteiger partial charge is 0.398 e. The minimum atomic E-state index is 0.251. The van der Waals surface area contributed by atoms with E-state index in [2.05, 4.69) is 17.1 Å². The van der Waals surface area contributed by atoms with E-state index in [0.29, 0.717) is 5.91 Å². The fraction of sp³-hybridized carbons (Fsp3) is 0.389. The molecule has 0 radical (unpaired) electrons. The number of rotatable bonds is 2. The van der Waals surface area contributed by atoms with Crippen molar-refractivity contribution in [3.63, 3.8) is 0 Å². The monoisotopic (exact) mass is 295 g/mol. The molecule has 4 rings (SSSR count). The van der Waals surface area contributed by atoms with Crippen LogP contribution in [0.25, 0.3) is 10.8 Å². The van der Waals surface area contributed by atoms with Gasteiger partial charge in [-0.05, 0) is 37.8 Å². The zero-order chi connectivity index (χ0) is 15.1. The molecule has 2 aromatic carbocycles. The molecule has 0 spiro atoms. The zero-order valence-corrected chi connectivity index (χ0v) is 12.7. The third-order valence-corrected chi connectivity index (χ3v) is 4.68. The number of nitrogens with zero attached hydrogens (tertiary/aromatic N) is 2. The van der Waals surface area contributed by atoms with Crippen molar-refractivity contribution < 1.29 is 4.79 Å². The molecule has 1 heterocycles. The van der Waals surface area contributed by atoms with Crippen LogP contribution in [0.4, 0.5) is 11.4 Å². The first-order valence-corrected chi connectivity index (χ1v) is 8.12. The molecule has 114 valence electrons. The Labute approximate surface area is 130 Å². The second-order valence-electron chi connectivity index (χ2n) is 6.29. The minimum Gasteiger partial charge on any atom is -0.398 e. The van der Waals surface area contributed by atoms with Crippen molar-refractivity contribution >= 4 is 28.1 Å². The van der Waals surface area contributed by atoms with E-state index in [1.54, 1.807) is 0 Å². The second kappa shape index (κ2) is 5.20. The fourth-order valence-corrected chi connectivity index (χ4v) is 3.32. The van der Waals surface area contributed by atoms with Gasteiger partial charge in [0.15, 0.2) is 0 Å². The number of hydrazine groups is 1. The summed E-state index contributed by atoms with van der Waals surface area (Å²) in [5.41, 5.74) is 7.99. The van der Waals surface area contributed by atoms with Crippen LogP contribution < -0.4 is 10.7 Å². The number of carbonyl (C=O) groups is 1. The number of anilines is 2. The van der Waals surface area contributed by atoms with Gasteiger partial charge in [-0.3, -0.25) is 14.8 Å². The summed E-state index contributed by atoms with van der Waals surface area (Å²) in [6, 6.07) is 12.2. The Kier molecular flexibility index (Phi) is 3.17. The summed E-state index contributed by atoms with van der Waals surface area (Å²) in [5.74, 6) is 0.543. The molecule has 2 aromatic rings. The van der Waals surface area contributed by atoms with Crippen LogP contribution in [0.1, 0.15) is 25.7 Å². The van der Waals surface area contributed by atoms with Crippen molar-refractivity contribution in [1.29, 1.82) is 0 Å². The smallest absolute Gasteiger partial charge is 0.244 e. The van der Waals surface area contributed by atoms with Crippen LogP contribution >= 0.6 is 0 Å². The molecule has 0 aromatic heterocycles. The predicted octanol–water partition coefficient (Wildman–Crippen LogP) is 3.18. The number of amides is 1. The fourth-order valence-electron chi connectivity index (χ4n) is 3.32. The molecule has 0 unspecified atom stereocenters. The Morgan fingerprint density at radius 1 is 1.00 bits per heavy atom. The molecule has 1 amide bonds. The zero-order valence-electron chi connectivity index (χ0n) is 12.7. The van der Waals surface area contributed by atoms with Crippen molar-refractivity contribution in [2.75, 3.05) is 23.8 Å². The summed E-state index contributed by atoms with van der Waals surface area (Å²) in [4.78, 5) is 12.6. The molecule has 4 nitrogen and oxygen atoms in total. The number of hydrogen-bond acceptors (Lipinski definition) is 3. The van der Waals surface area contributed by atoms with E-state index >= 15 is 0 Å². The summed E-state index contributed by atoms with van der Waals surface area (Å²) in [6.45, 7) is 1.72. The number of nitrogen functional groups attached to an aromatic ring is 1. The topological polar surface area (TPSA) is 49.6 Å². The average Bonchev–Trinajstić information content (AvgIpc) is 3.40. The third-order valence-electron chi connectivity index (χ3n) is 4.68. The molecule has 0 bridgehead atoms. The van der Waals surface area contributed by atoms with E-state index in [4.69, 9.17) is 5.73 Å². The number of nitrogens with two attached hydrogens (primary N) is 1. The highest BCUT2D eigenvalue weighted by molar-refractivity contribution is 6.01. The molecular weight excluding hydrogens is 274 g/mol. The maximum atomic E-state index is 12.6. The molecular formula is C18H21N3O. The Bertz CT molecular complexity index is 723. The maximum Gasteiger partial charge on any atom is 0.244 e. The number of benzene rings is 2. The summed E-state index contributed by atoms with van der Waals surface area (Å²) in [7, 11) is 0. The summed E-state index contributed by atoms with van der Waals surface area (Å²) in [5, 5.41) is 6.33. The lowest BCUT2D eigenvalue weighted by atomic mass is 10.1. The first-order chi connectivity index (χ1) is 10.8. The van der Waals surface area contributed by atoms with Gasteiger partial charge in [0.2, 0.25) is 5.91 Å². The van der Waals surface area contributed by atoms with Crippen LogP contribution in [0.2, 0.25) is 0 Å². The van der Waals surface area contributed by atoms with Crippen LogP contribution in [0.5, 0.6) is 0 Å². The van der Waals surface area contributed by atoms with Crippen LogP contribution in [0, 0.1) is 5.92 Å². The van der Waals surface area contributed by atoms with Crippen molar-refractivity contribution in [2.24, 2.45) is 5.92 Å². The quantitative estimate of drug-likeness (QED) is 0.866. The summed E-state index contributed by atoms with van der Waals surface area (Å²) >= 11 is 0. The number of hydrogen-bond donors (Lipinski definition) is 1. The Morgan fingerprint density at radius 2 is 1.73 bits per heavy atom. The van der Waals surface area contributed by atoms with Gasteiger partial charge < -0.3 is 5.73 Å². The molecule has 1 saturated heterocycles. The highest BCUT2D eigenvalue weighted by atomic mass is 16.2. The molecule has 4 heteroatoms. The van der Waals surface area contributed by atoms with Gasteiger partial charge in [0.1, 0.15) is 0 Å². The van der Waals surface area contributed by atoms with Gasteiger partial charge in [-0.25, -0.2) is 0 Å². The van der Waals surface area contributed by atoms with Gasteiger partial charge in [0, 0.05) is 35.5 Å². The van der Waals surface area contributed by atoms with Gasteiger partial charge in [-0.2, -0.15) is 0 Å². The lowest BCUT2D eigenvalue weighted by Gasteiger charge is -2.41. The molecule has 22 heavy (non-hydrogen) atoms. The number of fused-ring (bicyclic) bond motifs is 1. The molecule has 0 atom stereocenters. The maximum absolute atomic E-state index is 12.6. The van der Waals surface area contributed by atoms with Gasteiger partial charge in [0.05, 0.1) is 5.69 Å². The normalized spacial score (nSPS) is 18.7. The highest BCUT2D eigenvalue weighted by Gasteiger charge is 2.37. The van der Waals surface area contributed by atoms with Crippen LogP contribution in [-0.4, -0.2) is 24.0 Å². The van der Waals surface area contributed by atoms with Crippen molar-refractivity contribution in [3.8, 4) is 0 Å². The summed E-state index contributed by atoms with van der Waals surface area (Å²) in [6.07, 6.45) is 4.30. The lowest BCUT2D eigenvalue weighted by Crippen LogP contribution is -2.51.